The largest absolute Gasteiger partial charge is 0.465 e. The van der Waals surface area contributed by atoms with Gasteiger partial charge in [-0.1, -0.05) is 0 Å². The average molecular weight is 186 g/mol. The molecule has 0 aliphatic carbocycles. The molecule has 0 aromatic carbocycles. The lowest BCUT2D eigenvalue weighted by molar-refractivity contribution is 0.109. The van der Waals surface area contributed by atoms with E-state index in [1.54, 1.807) is 0 Å². The van der Waals surface area contributed by atoms with Gasteiger partial charge in [0.1, 0.15) is 6.17 Å². The van der Waals surface area contributed by atoms with E-state index in [0.29, 0.717) is 6.54 Å². The Hall–Kier alpha value is -1.30. The molecule has 0 radical (unpaired) electrons. The Morgan fingerprint density at radius 3 is 3.08 bits per heavy atom. The van der Waals surface area contributed by atoms with E-state index in [-0.39, 0.29) is 6.17 Å². The van der Waals surface area contributed by atoms with Gasteiger partial charge in [0.15, 0.2) is 0 Å². The number of hydrogen-bond donors (Lipinski definition) is 3. The van der Waals surface area contributed by atoms with Gasteiger partial charge in [0.05, 0.1) is 6.34 Å². The van der Waals surface area contributed by atoms with Gasteiger partial charge in [-0.3, -0.25) is 4.90 Å². The van der Waals surface area contributed by atoms with Crippen molar-refractivity contribution >= 4 is 12.4 Å². The Morgan fingerprint density at radius 1 is 1.69 bits per heavy atom. The maximum absolute atomic E-state index is 10.7. The first-order valence-electron chi connectivity index (χ1n) is 4.23. The van der Waals surface area contributed by atoms with Gasteiger partial charge in [-0.05, 0) is 19.3 Å². The number of rotatable bonds is 2. The molecular weight excluding hydrogens is 172 g/mol. The number of aliphatic imine (C=N–C) groups is 1. The van der Waals surface area contributed by atoms with Crippen LogP contribution in [-0.4, -0.2) is 35.1 Å². The number of nitrogens with zero attached hydrogens (tertiary/aromatic N) is 2. The van der Waals surface area contributed by atoms with Crippen molar-refractivity contribution in [2.24, 2.45) is 10.8 Å². The van der Waals surface area contributed by atoms with E-state index in [1.807, 2.05) is 0 Å². The molecule has 1 unspecified atom stereocenters. The molecule has 74 valence electrons. The molecular formula is C7H14N4O2. The molecule has 0 bridgehead atoms. The summed E-state index contributed by atoms with van der Waals surface area (Å²) >= 11 is 0. The lowest BCUT2D eigenvalue weighted by Crippen LogP contribution is -2.42. The first kappa shape index (κ1) is 9.79. The minimum absolute atomic E-state index is 0.276. The molecule has 1 heterocycles. The molecule has 6 heteroatoms. The summed E-state index contributed by atoms with van der Waals surface area (Å²) < 4.78 is 0. The summed E-state index contributed by atoms with van der Waals surface area (Å²) in [5, 5.41) is 8.81. The molecule has 1 aliphatic rings. The summed E-state index contributed by atoms with van der Waals surface area (Å²) in [4.78, 5) is 16.0. The van der Waals surface area contributed by atoms with Gasteiger partial charge >= 0.3 is 6.09 Å². The average Bonchev–Trinajstić information content (AvgIpc) is 2.15. The Kier molecular flexibility index (Phi) is 3.51. The lowest BCUT2D eigenvalue weighted by Gasteiger charge is -2.30. The molecule has 1 aliphatic heterocycles. The predicted molar refractivity (Wildman–Crippen MR) is 48.2 cm³/mol. The van der Waals surface area contributed by atoms with Gasteiger partial charge in [-0.2, -0.15) is 0 Å². The quantitative estimate of drug-likeness (QED) is 0.244. The third-order valence-electron chi connectivity index (χ3n) is 2.04. The summed E-state index contributed by atoms with van der Waals surface area (Å²) in [6, 6.07) is 0. The van der Waals surface area contributed by atoms with Crippen molar-refractivity contribution in [2.75, 3.05) is 6.54 Å². The fraction of sp³-hybridized carbons (Fsp3) is 0.714. The molecule has 1 rings (SSSR count). The van der Waals surface area contributed by atoms with E-state index in [9.17, 15) is 4.79 Å². The highest BCUT2D eigenvalue weighted by Gasteiger charge is 2.24. The van der Waals surface area contributed by atoms with Crippen LogP contribution in [-0.2, 0) is 0 Å². The fourth-order valence-corrected chi connectivity index (χ4v) is 1.42. The van der Waals surface area contributed by atoms with Gasteiger partial charge in [-0.25, -0.2) is 15.6 Å². The maximum Gasteiger partial charge on any atom is 0.409 e. The summed E-state index contributed by atoms with van der Waals surface area (Å²) in [6.07, 6.45) is 2.82. The number of piperidine rings is 1. The van der Waals surface area contributed by atoms with Crippen LogP contribution in [0.3, 0.4) is 0 Å². The van der Waals surface area contributed by atoms with Crippen LogP contribution in [0.1, 0.15) is 19.3 Å². The van der Waals surface area contributed by atoms with Crippen LogP contribution in [0.15, 0.2) is 4.99 Å². The van der Waals surface area contributed by atoms with E-state index in [4.69, 9.17) is 10.9 Å². The standard InChI is InChI=1S/C7H14N4O2/c8-10-5-9-6-3-1-2-4-11(6)7(12)13/h5-6H,1-4,8H2,(H,9,10)(H,12,13). The molecule has 0 aromatic rings. The highest BCUT2D eigenvalue weighted by atomic mass is 16.4. The van der Waals surface area contributed by atoms with Crippen LogP contribution < -0.4 is 11.3 Å². The van der Waals surface area contributed by atoms with E-state index in [1.165, 1.54) is 11.2 Å². The van der Waals surface area contributed by atoms with Crippen LogP contribution in [0, 0.1) is 0 Å². The second-order valence-electron chi connectivity index (χ2n) is 2.90. The zero-order chi connectivity index (χ0) is 9.68. The van der Waals surface area contributed by atoms with Crippen LogP contribution in [0.2, 0.25) is 0 Å². The molecule has 1 atom stereocenters. The molecule has 1 fully saturated rings. The first-order valence-corrected chi connectivity index (χ1v) is 4.23. The monoisotopic (exact) mass is 186 g/mol. The summed E-state index contributed by atoms with van der Waals surface area (Å²) in [5.74, 6) is 5.00. The Bertz CT molecular complexity index is 207. The van der Waals surface area contributed by atoms with Crippen LogP contribution in [0.25, 0.3) is 0 Å². The number of likely N-dealkylation sites (tertiary alicyclic amines) is 1. The maximum atomic E-state index is 10.7. The Morgan fingerprint density at radius 2 is 2.46 bits per heavy atom. The third-order valence-corrected chi connectivity index (χ3v) is 2.04. The van der Waals surface area contributed by atoms with E-state index in [2.05, 4.69) is 10.4 Å². The lowest BCUT2D eigenvalue weighted by atomic mass is 10.1. The number of nitrogens with one attached hydrogen (secondary N) is 1. The highest BCUT2D eigenvalue weighted by Crippen LogP contribution is 2.17. The number of carboxylic acid groups (broad SMARTS) is 1. The van der Waals surface area contributed by atoms with Gasteiger partial charge < -0.3 is 10.5 Å². The van der Waals surface area contributed by atoms with Crippen molar-refractivity contribution in [3.05, 3.63) is 0 Å². The number of nitrogens with two attached hydrogens (primary N) is 1. The zero-order valence-corrected chi connectivity index (χ0v) is 7.31. The molecule has 0 saturated carbocycles. The Labute approximate surface area is 76.4 Å². The van der Waals surface area contributed by atoms with Crippen molar-refractivity contribution in [3.63, 3.8) is 0 Å². The van der Waals surface area contributed by atoms with E-state index >= 15 is 0 Å². The first-order chi connectivity index (χ1) is 6.25. The Balaban J connectivity index is 2.56. The molecule has 13 heavy (non-hydrogen) atoms. The molecule has 1 saturated heterocycles. The molecule has 1 amide bonds. The van der Waals surface area contributed by atoms with Crippen molar-refractivity contribution < 1.29 is 9.90 Å². The second kappa shape index (κ2) is 4.66. The highest BCUT2D eigenvalue weighted by molar-refractivity contribution is 5.66. The minimum Gasteiger partial charge on any atom is -0.465 e. The normalized spacial score (nSPS) is 23.5. The van der Waals surface area contributed by atoms with Gasteiger partial charge in [0.2, 0.25) is 0 Å². The number of hydrazine groups is 1. The van der Waals surface area contributed by atoms with Crippen LogP contribution in [0.5, 0.6) is 0 Å². The fourth-order valence-electron chi connectivity index (χ4n) is 1.42. The van der Waals surface area contributed by atoms with E-state index < -0.39 is 6.09 Å². The SMILES string of the molecule is NN/C=N/C1CCCCN1C(=O)O. The second-order valence-corrected chi connectivity index (χ2v) is 2.90. The number of amides is 1. The van der Waals surface area contributed by atoms with Crippen molar-refractivity contribution in [1.82, 2.24) is 10.3 Å². The number of hydrogen-bond acceptors (Lipinski definition) is 3. The van der Waals surface area contributed by atoms with Gasteiger partial charge in [0.25, 0.3) is 0 Å². The number of carbonyl (C=O) groups is 1. The molecule has 6 nitrogen and oxygen atoms in total. The summed E-state index contributed by atoms with van der Waals surface area (Å²) in [5.41, 5.74) is 2.26. The van der Waals surface area contributed by atoms with Crippen molar-refractivity contribution in [2.45, 2.75) is 25.4 Å². The van der Waals surface area contributed by atoms with Crippen molar-refractivity contribution in [1.29, 1.82) is 0 Å². The minimum atomic E-state index is -0.918. The smallest absolute Gasteiger partial charge is 0.409 e. The van der Waals surface area contributed by atoms with Crippen LogP contribution in [0.4, 0.5) is 4.79 Å². The topological polar surface area (TPSA) is 91.0 Å². The summed E-state index contributed by atoms with van der Waals surface area (Å²) in [7, 11) is 0. The predicted octanol–water partition coefficient (Wildman–Crippen LogP) is -0.0320. The van der Waals surface area contributed by atoms with Crippen LogP contribution >= 0.6 is 0 Å². The molecule has 0 spiro atoms. The van der Waals surface area contributed by atoms with Gasteiger partial charge in [0, 0.05) is 6.54 Å². The molecule has 4 N–H and O–H groups in total. The third kappa shape index (κ3) is 2.59. The zero-order valence-electron chi connectivity index (χ0n) is 7.31. The van der Waals surface area contributed by atoms with Crippen molar-refractivity contribution in [3.8, 4) is 0 Å². The van der Waals surface area contributed by atoms with Gasteiger partial charge in [-0.15, -0.1) is 0 Å². The molecule has 0 aromatic heterocycles. The van der Waals surface area contributed by atoms with E-state index in [0.717, 1.165) is 19.3 Å². The summed E-state index contributed by atoms with van der Waals surface area (Å²) in [6.45, 7) is 0.557.